The van der Waals surface area contributed by atoms with Gasteiger partial charge in [-0.1, -0.05) is 29.8 Å². The molecule has 0 saturated carbocycles. The van der Waals surface area contributed by atoms with E-state index >= 15 is 0 Å². The largest absolute Gasteiger partial charge is 0.297 e. The average molecular weight is 399 g/mol. The van der Waals surface area contributed by atoms with Gasteiger partial charge >= 0.3 is 0 Å². The summed E-state index contributed by atoms with van der Waals surface area (Å²) in [6.45, 7) is 2.29. The Balaban J connectivity index is 1.85. The number of aliphatic imine (C=N–C) groups is 1. The van der Waals surface area contributed by atoms with E-state index in [0.29, 0.717) is 34.2 Å². The highest BCUT2D eigenvalue weighted by Gasteiger charge is 2.29. The third-order valence-electron chi connectivity index (χ3n) is 5.08. The van der Waals surface area contributed by atoms with Crippen molar-refractivity contribution >= 4 is 34.6 Å². The van der Waals surface area contributed by atoms with E-state index in [1.807, 2.05) is 18.2 Å². The van der Waals surface area contributed by atoms with Crippen LogP contribution in [0.5, 0.6) is 0 Å². The maximum Gasteiger partial charge on any atom is 0.270 e. The minimum atomic E-state index is -0.442. The second-order valence-corrected chi connectivity index (χ2v) is 7.30. The molecule has 4 rings (SSSR count). The zero-order valence-corrected chi connectivity index (χ0v) is 15.9. The number of anilines is 1. The molecular weight excluding hydrogens is 380 g/mol. The summed E-state index contributed by atoms with van der Waals surface area (Å²) in [5.41, 5.74) is 2.28. The maximum atomic E-state index is 12.9. The Labute approximate surface area is 167 Å². The van der Waals surface area contributed by atoms with Crippen molar-refractivity contribution in [1.29, 1.82) is 0 Å². The van der Waals surface area contributed by atoms with E-state index in [9.17, 15) is 14.9 Å². The fourth-order valence-electron chi connectivity index (χ4n) is 3.68. The van der Waals surface area contributed by atoms with Crippen molar-refractivity contribution in [3.05, 3.63) is 68.7 Å². The van der Waals surface area contributed by atoms with Gasteiger partial charge in [-0.2, -0.15) is 0 Å². The number of carbonyl (C=O) groups is 1. The Bertz CT molecular complexity index is 970. The van der Waals surface area contributed by atoms with Gasteiger partial charge in [0.2, 0.25) is 5.91 Å². The van der Waals surface area contributed by atoms with E-state index < -0.39 is 4.92 Å². The van der Waals surface area contributed by atoms with Crippen molar-refractivity contribution in [3.63, 3.8) is 0 Å². The van der Waals surface area contributed by atoms with Gasteiger partial charge < -0.3 is 0 Å². The van der Waals surface area contributed by atoms with Crippen LogP contribution < -0.4 is 4.90 Å². The van der Waals surface area contributed by atoms with Crippen LogP contribution in [0.15, 0.2) is 47.5 Å². The molecule has 8 heteroatoms. The van der Waals surface area contributed by atoms with E-state index in [1.54, 1.807) is 17.0 Å². The summed E-state index contributed by atoms with van der Waals surface area (Å²) in [6, 6.07) is 11.7. The average Bonchev–Trinajstić information content (AvgIpc) is 3.16. The second kappa shape index (κ2) is 7.69. The Kier molecular flexibility index (Phi) is 5.11. The minimum absolute atomic E-state index is 0.0309. The standard InChI is InChI=1S/C20H19ClN4O3/c21-17-6-2-1-5-15(17)20-16-11-14(25(27)28)7-8-18(16)24(19(26)12-22-20)13-23-9-3-4-10-23/h1-2,5-8,11H,3-4,9-10,12-13H2. The fraction of sp³-hybridized carbons (Fsp3) is 0.300. The second-order valence-electron chi connectivity index (χ2n) is 6.89. The van der Waals surface area contributed by atoms with E-state index in [2.05, 4.69) is 9.89 Å². The lowest BCUT2D eigenvalue weighted by molar-refractivity contribution is -0.384. The first-order valence-corrected chi connectivity index (χ1v) is 9.53. The van der Waals surface area contributed by atoms with Gasteiger partial charge in [-0.3, -0.25) is 29.7 Å². The number of nitro benzene ring substituents is 1. The number of carbonyl (C=O) groups excluding carboxylic acids is 1. The molecule has 0 atom stereocenters. The molecule has 2 aromatic rings. The number of non-ortho nitro benzene ring substituents is 1. The summed E-state index contributed by atoms with van der Waals surface area (Å²) in [5.74, 6) is -0.135. The number of rotatable bonds is 4. The number of nitrogens with zero attached hydrogens (tertiary/aromatic N) is 4. The first kappa shape index (κ1) is 18.6. The number of hydrogen-bond donors (Lipinski definition) is 0. The van der Waals surface area contributed by atoms with Crippen LogP contribution >= 0.6 is 11.6 Å². The number of likely N-dealkylation sites (tertiary alicyclic amines) is 1. The van der Waals surface area contributed by atoms with Crippen LogP contribution in [-0.2, 0) is 4.79 Å². The Morgan fingerprint density at radius 3 is 2.57 bits per heavy atom. The quantitative estimate of drug-likeness (QED) is 0.583. The molecule has 7 nitrogen and oxygen atoms in total. The normalized spacial score (nSPS) is 17.2. The predicted molar refractivity (Wildman–Crippen MR) is 108 cm³/mol. The molecule has 2 aliphatic rings. The first-order valence-electron chi connectivity index (χ1n) is 9.15. The molecule has 144 valence electrons. The molecular formula is C20H19ClN4O3. The smallest absolute Gasteiger partial charge is 0.270 e. The fourth-order valence-corrected chi connectivity index (χ4v) is 3.90. The van der Waals surface area contributed by atoms with Crippen molar-refractivity contribution in [2.45, 2.75) is 12.8 Å². The lowest BCUT2D eigenvalue weighted by Gasteiger charge is -2.28. The van der Waals surface area contributed by atoms with Crippen LogP contribution in [0.2, 0.25) is 5.02 Å². The van der Waals surface area contributed by atoms with Crippen LogP contribution in [0.4, 0.5) is 11.4 Å². The molecule has 1 saturated heterocycles. The molecule has 0 unspecified atom stereocenters. The molecule has 2 heterocycles. The monoisotopic (exact) mass is 398 g/mol. The van der Waals surface area contributed by atoms with Crippen LogP contribution in [-0.4, -0.2) is 47.7 Å². The molecule has 1 fully saturated rings. The molecule has 2 aliphatic heterocycles. The van der Waals surface area contributed by atoms with Gasteiger partial charge in [0.25, 0.3) is 5.69 Å². The summed E-state index contributed by atoms with van der Waals surface area (Å²) in [7, 11) is 0. The van der Waals surface area contributed by atoms with Gasteiger partial charge in [0.15, 0.2) is 0 Å². The van der Waals surface area contributed by atoms with Gasteiger partial charge in [-0.05, 0) is 38.1 Å². The molecule has 1 amide bonds. The van der Waals surface area contributed by atoms with Crippen LogP contribution in [0.3, 0.4) is 0 Å². The van der Waals surface area contributed by atoms with Gasteiger partial charge in [0.1, 0.15) is 6.54 Å². The zero-order valence-electron chi connectivity index (χ0n) is 15.2. The first-order chi connectivity index (χ1) is 13.5. The van der Waals surface area contributed by atoms with Crippen molar-refractivity contribution in [2.75, 3.05) is 31.2 Å². The van der Waals surface area contributed by atoms with Crippen molar-refractivity contribution in [2.24, 2.45) is 4.99 Å². The highest BCUT2D eigenvalue weighted by Crippen LogP contribution is 2.32. The molecule has 0 aliphatic carbocycles. The van der Waals surface area contributed by atoms with Gasteiger partial charge in [0, 0.05) is 28.3 Å². The molecule has 2 aromatic carbocycles. The Morgan fingerprint density at radius 1 is 1.11 bits per heavy atom. The number of benzene rings is 2. The SMILES string of the molecule is O=C1CN=C(c2ccccc2Cl)c2cc([N+](=O)[O-])ccc2N1CN1CCCC1. The molecule has 0 aromatic heterocycles. The van der Waals surface area contributed by atoms with E-state index in [-0.39, 0.29) is 18.1 Å². The number of benzodiazepines with no additional fused rings is 1. The number of nitro groups is 1. The highest BCUT2D eigenvalue weighted by atomic mass is 35.5. The van der Waals surface area contributed by atoms with Gasteiger partial charge in [-0.15, -0.1) is 0 Å². The van der Waals surface area contributed by atoms with Crippen molar-refractivity contribution in [1.82, 2.24) is 4.90 Å². The lowest BCUT2D eigenvalue weighted by Crippen LogP contribution is -2.41. The van der Waals surface area contributed by atoms with Crippen LogP contribution in [0.1, 0.15) is 24.0 Å². The van der Waals surface area contributed by atoms with Gasteiger partial charge in [-0.25, -0.2) is 0 Å². The lowest BCUT2D eigenvalue weighted by atomic mass is 9.99. The third-order valence-corrected chi connectivity index (χ3v) is 5.41. The Hall–Kier alpha value is -2.77. The number of fused-ring (bicyclic) bond motifs is 1. The molecule has 0 N–H and O–H groups in total. The summed E-state index contributed by atoms with van der Waals surface area (Å²) < 4.78 is 0. The number of amides is 1. The predicted octanol–water partition coefficient (Wildman–Crippen LogP) is 3.49. The summed E-state index contributed by atoms with van der Waals surface area (Å²) >= 11 is 6.37. The number of hydrogen-bond acceptors (Lipinski definition) is 5. The molecule has 0 spiro atoms. The summed E-state index contributed by atoms with van der Waals surface area (Å²) in [5, 5.41) is 11.8. The van der Waals surface area contributed by atoms with E-state index in [0.717, 1.165) is 25.9 Å². The third kappa shape index (κ3) is 3.50. The molecule has 28 heavy (non-hydrogen) atoms. The van der Waals surface area contributed by atoms with Crippen LogP contribution in [0, 0.1) is 10.1 Å². The minimum Gasteiger partial charge on any atom is -0.297 e. The van der Waals surface area contributed by atoms with Crippen molar-refractivity contribution in [3.8, 4) is 0 Å². The summed E-state index contributed by atoms with van der Waals surface area (Å²) in [4.78, 5) is 32.2. The van der Waals surface area contributed by atoms with E-state index in [1.165, 1.54) is 12.1 Å². The molecule has 0 bridgehead atoms. The maximum absolute atomic E-state index is 12.9. The van der Waals surface area contributed by atoms with Crippen molar-refractivity contribution < 1.29 is 9.72 Å². The zero-order chi connectivity index (χ0) is 19.7. The van der Waals surface area contributed by atoms with E-state index in [4.69, 9.17) is 11.6 Å². The highest BCUT2D eigenvalue weighted by molar-refractivity contribution is 6.36. The number of halogens is 1. The van der Waals surface area contributed by atoms with Crippen LogP contribution in [0.25, 0.3) is 0 Å². The Morgan fingerprint density at radius 2 is 1.86 bits per heavy atom. The van der Waals surface area contributed by atoms with Gasteiger partial charge in [0.05, 0.1) is 23.0 Å². The summed E-state index contributed by atoms with van der Waals surface area (Å²) in [6.07, 6.45) is 2.22. The topological polar surface area (TPSA) is 79.0 Å². The molecule has 0 radical (unpaired) electrons.